The second-order valence-electron chi connectivity index (χ2n) is 4.88. The Morgan fingerprint density at radius 2 is 2.00 bits per heavy atom. The molecule has 0 saturated heterocycles. The van der Waals surface area contributed by atoms with Crippen molar-refractivity contribution in [3.8, 4) is 11.4 Å². The predicted octanol–water partition coefficient (Wildman–Crippen LogP) is 2.82. The number of alkyl halides is 3. The van der Waals surface area contributed by atoms with E-state index in [0.29, 0.717) is 17.7 Å². The van der Waals surface area contributed by atoms with Crippen LogP contribution in [0, 0.1) is 0 Å². The smallest absolute Gasteiger partial charge is 0.329 e. The molecule has 1 atom stereocenters. The molecular formula is C14H15F3N4O2. The van der Waals surface area contributed by atoms with Crippen LogP contribution in [0.25, 0.3) is 11.4 Å². The van der Waals surface area contributed by atoms with Gasteiger partial charge in [-0.3, -0.25) is 4.79 Å². The van der Waals surface area contributed by atoms with E-state index in [9.17, 15) is 18.0 Å². The van der Waals surface area contributed by atoms with Gasteiger partial charge in [0.2, 0.25) is 11.7 Å². The van der Waals surface area contributed by atoms with Crippen molar-refractivity contribution in [1.82, 2.24) is 10.1 Å². The fourth-order valence-electron chi connectivity index (χ4n) is 1.84. The monoisotopic (exact) mass is 328 g/mol. The molecule has 0 radical (unpaired) electrons. The van der Waals surface area contributed by atoms with Gasteiger partial charge in [0.05, 0.1) is 6.04 Å². The maximum Gasteiger partial charge on any atom is 0.471 e. The number of nitrogens with one attached hydrogen (secondary N) is 1. The number of carbonyl (C=O) groups is 1. The molecule has 0 fully saturated rings. The van der Waals surface area contributed by atoms with Gasteiger partial charge < -0.3 is 15.6 Å². The summed E-state index contributed by atoms with van der Waals surface area (Å²) in [6.07, 6.45) is -3.34. The Balaban J connectivity index is 2.08. The summed E-state index contributed by atoms with van der Waals surface area (Å²) in [6.45, 7) is 1.92. The fourth-order valence-corrected chi connectivity index (χ4v) is 1.84. The second-order valence-corrected chi connectivity index (χ2v) is 4.88. The van der Waals surface area contributed by atoms with E-state index >= 15 is 0 Å². The Morgan fingerprint density at radius 3 is 2.52 bits per heavy atom. The van der Waals surface area contributed by atoms with Crippen molar-refractivity contribution in [1.29, 1.82) is 0 Å². The molecule has 3 N–H and O–H groups in total. The summed E-state index contributed by atoms with van der Waals surface area (Å²) in [6, 6.07) is 5.40. The molecule has 1 aromatic heterocycles. The van der Waals surface area contributed by atoms with Gasteiger partial charge in [-0.2, -0.15) is 18.2 Å². The first kappa shape index (κ1) is 16.9. The lowest BCUT2D eigenvalue weighted by Gasteiger charge is -2.11. The maximum atomic E-state index is 12.4. The number of hydrogen-bond donors (Lipinski definition) is 2. The van der Waals surface area contributed by atoms with E-state index in [0.717, 1.165) is 6.42 Å². The highest BCUT2D eigenvalue weighted by Crippen LogP contribution is 2.29. The Bertz CT molecular complexity index is 667. The predicted molar refractivity (Wildman–Crippen MR) is 76.2 cm³/mol. The normalized spacial score (nSPS) is 12.9. The van der Waals surface area contributed by atoms with Crippen molar-refractivity contribution in [3.63, 3.8) is 0 Å². The summed E-state index contributed by atoms with van der Waals surface area (Å²) >= 11 is 0. The van der Waals surface area contributed by atoms with Crippen LogP contribution in [0.3, 0.4) is 0 Å². The number of benzene rings is 1. The van der Waals surface area contributed by atoms with Crippen LogP contribution in [0.5, 0.6) is 0 Å². The molecule has 0 saturated carbocycles. The summed E-state index contributed by atoms with van der Waals surface area (Å²) in [5.41, 5.74) is 6.50. The van der Waals surface area contributed by atoms with E-state index < -0.39 is 18.1 Å². The highest BCUT2D eigenvalue weighted by atomic mass is 19.4. The van der Waals surface area contributed by atoms with E-state index in [1.807, 2.05) is 6.92 Å². The Labute approximate surface area is 129 Å². The summed E-state index contributed by atoms with van der Waals surface area (Å²) < 4.78 is 41.4. The molecule has 1 aromatic carbocycles. The van der Waals surface area contributed by atoms with E-state index in [2.05, 4.69) is 20.0 Å². The van der Waals surface area contributed by atoms with Crippen LogP contribution in [0.15, 0.2) is 28.8 Å². The van der Waals surface area contributed by atoms with Crippen LogP contribution in [0.1, 0.15) is 25.7 Å². The number of halogens is 3. The average Bonchev–Trinajstić information content (AvgIpc) is 2.98. The van der Waals surface area contributed by atoms with Crippen LogP contribution in [0.2, 0.25) is 0 Å². The number of rotatable bonds is 5. The number of nitrogens with zero attached hydrogens (tertiary/aromatic N) is 2. The minimum atomic E-state index is -4.69. The highest BCUT2D eigenvalue weighted by Gasteiger charge is 2.38. The first-order valence-electron chi connectivity index (χ1n) is 6.89. The minimum Gasteiger partial charge on any atom is -0.329 e. The highest BCUT2D eigenvalue weighted by molar-refractivity contribution is 5.94. The third kappa shape index (κ3) is 4.28. The van der Waals surface area contributed by atoms with Crippen LogP contribution in [0.4, 0.5) is 18.9 Å². The zero-order valence-electron chi connectivity index (χ0n) is 12.2. The molecule has 6 nitrogen and oxygen atoms in total. The van der Waals surface area contributed by atoms with Gasteiger partial charge in [-0.15, -0.1) is 0 Å². The van der Waals surface area contributed by atoms with Crippen LogP contribution in [-0.2, 0) is 11.0 Å². The molecule has 0 aliphatic carbocycles. The third-order valence-corrected chi connectivity index (χ3v) is 3.02. The Kier molecular flexibility index (Phi) is 4.99. The Hall–Kier alpha value is -2.42. The lowest BCUT2D eigenvalue weighted by atomic mass is 10.1. The van der Waals surface area contributed by atoms with Gasteiger partial charge in [-0.1, -0.05) is 18.5 Å². The number of nitrogens with two attached hydrogens (primary N) is 1. The van der Waals surface area contributed by atoms with Crippen LogP contribution >= 0.6 is 0 Å². The van der Waals surface area contributed by atoms with Gasteiger partial charge in [0, 0.05) is 11.3 Å². The van der Waals surface area contributed by atoms with E-state index in [1.165, 1.54) is 24.3 Å². The van der Waals surface area contributed by atoms with Gasteiger partial charge in [0.1, 0.15) is 0 Å². The van der Waals surface area contributed by atoms with Crippen molar-refractivity contribution >= 4 is 11.6 Å². The fraction of sp³-hybridized carbons (Fsp3) is 0.357. The van der Waals surface area contributed by atoms with Crippen molar-refractivity contribution in [2.24, 2.45) is 5.73 Å². The van der Waals surface area contributed by atoms with Gasteiger partial charge in [-0.25, -0.2) is 0 Å². The summed E-state index contributed by atoms with van der Waals surface area (Å²) in [7, 11) is 0. The second kappa shape index (κ2) is 6.78. The molecule has 124 valence electrons. The SMILES string of the molecule is CCCC(N)C(=O)Nc1ccc(-c2noc(C(F)(F)F)n2)cc1. The zero-order chi connectivity index (χ0) is 17.0. The molecule has 0 aliphatic heterocycles. The van der Waals surface area contributed by atoms with E-state index in [1.54, 1.807) is 0 Å². The van der Waals surface area contributed by atoms with Crippen molar-refractivity contribution < 1.29 is 22.5 Å². The van der Waals surface area contributed by atoms with Crippen molar-refractivity contribution in [2.45, 2.75) is 32.0 Å². The number of anilines is 1. The quantitative estimate of drug-likeness (QED) is 0.880. The van der Waals surface area contributed by atoms with Gasteiger partial charge in [0.15, 0.2) is 0 Å². The molecule has 1 amide bonds. The van der Waals surface area contributed by atoms with Gasteiger partial charge in [0.25, 0.3) is 0 Å². The van der Waals surface area contributed by atoms with Gasteiger partial charge >= 0.3 is 12.1 Å². The van der Waals surface area contributed by atoms with Crippen molar-refractivity contribution in [3.05, 3.63) is 30.2 Å². The standard InChI is InChI=1S/C14H15F3N4O2/c1-2-3-10(18)12(22)19-9-6-4-8(5-7-9)11-20-13(23-21-11)14(15,16)17/h4-7,10H,2-3,18H2,1H3,(H,19,22). The van der Waals surface area contributed by atoms with E-state index in [-0.39, 0.29) is 11.7 Å². The average molecular weight is 328 g/mol. The van der Waals surface area contributed by atoms with E-state index in [4.69, 9.17) is 5.73 Å². The molecular weight excluding hydrogens is 313 g/mol. The topological polar surface area (TPSA) is 94.0 Å². The molecule has 0 spiro atoms. The molecule has 1 heterocycles. The molecule has 0 bridgehead atoms. The molecule has 2 rings (SSSR count). The molecule has 0 aliphatic rings. The minimum absolute atomic E-state index is 0.183. The van der Waals surface area contributed by atoms with Crippen LogP contribution < -0.4 is 11.1 Å². The largest absolute Gasteiger partial charge is 0.471 e. The number of aromatic nitrogens is 2. The van der Waals surface area contributed by atoms with Crippen LogP contribution in [-0.4, -0.2) is 22.1 Å². The summed E-state index contributed by atoms with van der Waals surface area (Å²) in [5.74, 6) is -1.91. The first-order valence-corrected chi connectivity index (χ1v) is 6.89. The molecule has 23 heavy (non-hydrogen) atoms. The number of amides is 1. The maximum absolute atomic E-state index is 12.4. The lowest BCUT2D eigenvalue weighted by Crippen LogP contribution is -2.35. The number of carbonyl (C=O) groups excluding carboxylic acids is 1. The zero-order valence-corrected chi connectivity index (χ0v) is 12.2. The molecule has 9 heteroatoms. The summed E-state index contributed by atoms with van der Waals surface area (Å²) in [4.78, 5) is 15.1. The Morgan fingerprint density at radius 1 is 1.35 bits per heavy atom. The summed E-state index contributed by atoms with van der Waals surface area (Å²) in [5, 5.41) is 5.91. The van der Waals surface area contributed by atoms with Crippen molar-refractivity contribution in [2.75, 3.05) is 5.32 Å². The number of hydrogen-bond acceptors (Lipinski definition) is 5. The lowest BCUT2D eigenvalue weighted by molar-refractivity contribution is -0.159. The first-order chi connectivity index (χ1) is 10.8. The third-order valence-electron chi connectivity index (χ3n) is 3.02. The molecule has 1 unspecified atom stereocenters. The van der Waals surface area contributed by atoms with Gasteiger partial charge in [-0.05, 0) is 30.7 Å². The molecule has 2 aromatic rings.